The number of rotatable bonds is 8. The van der Waals surface area contributed by atoms with Crippen molar-refractivity contribution in [2.24, 2.45) is 0 Å². The molecule has 1 aliphatic heterocycles. The van der Waals surface area contributed by atoms with Gasteiger partial charge >= 0.3 is 6.36 Å². The number of pyridine rings is 1. The second-order valence-electron chi connectivity index (χ2n) is 8.53. The first kappa shape index (κ1) is 25.1. The first-order valence-corrected chi connectivity index (χ1v) is 12.5. The molecule has 1 saturated heterocycles. The Bertz CT molecular complexity index is 1440. The number of thiazole rings is 1. The molecule has 7 nitrogen and oxygen atoms in total. The fraction of sp³-hybridized carbons (Fsp3) is 0.308. The molecule has 0 bridgehead atoms. The van der Waals surface area contributed by atoms with Crippen molar-refractivity contribution in [2.45, 2.75) is 19.2 Å². The third kappa shape index (κ3) is 5.72. The lowest BCUT2D eigenvalue weighted by molar-refractivity contribution is -0.274. The van der Waals surface area contributed by atoms with Gasteiger partial charge in [0.15, 0.2) is 11.5 Å². The van der Waals surface area contributed by atoms with E-state index in [1.54, 1.807) is 37.6 Å². The number of fused-ring (bicyclic) bond motifs is 1. The van der Waals surface area contributed by atoms with Crippen LogP contribution in [0.2, 0.25) is 0 Å². The Morgan fingerprint density at radius 2 is 1.78 bits per heavy atom. The van der Waals surface area contributed by atoms with E-state index >= 15 is 0 Å². The fourth-order valence-electron chi connectivity index (χ4n) is 4.26. The van der Waals surface area contributed by atoms with Gasteiger partial charge in [0.1, 0.15) is 22.1 Å². The van der Waals surface area contributed by atoms with E-state index in [4.69, 9.17) is 9.47 Å². The predicted molar refractivity (Wildman–Crippen MR) is 135 cm³/mol. The van der Waals surface area contributed by atoms with Gasteiger partial charge in [-0.15, -0.1) is 24.5 Å². The third-order valence-electron chi connectivity index (χ3n) is 6.07. The zero-order chi connectivity index (χ0) is 26.0. The zero-order valence-electron chi connectivity index (χ0n) is 20.0. The van der Waals surface area contributed by atoms with Crippen molar-refractivity contribution in [3.8, 4) is 33.5 Å². The highest BCUT2D eigenvalue weighted by atomic mass is 32.1. The molecule has 0 amide bonds. The summed E-state index contributed by atoms with van der Waals surface area (Å²) in [5.41, 5.74) is 1.44. The van der Waals surface area contributed by atoms with Crippen LogP contribution in [0, 0.1) is 0 Å². The molecule has 37 heavy (non-hydrogen) atoms. The van der Waals surface area contributed by atoms with Crippen LogP contribution in [0.25, 0.3) is 26.5 Å². The number of ether oxygens (including phenoxy) is 3. The van der Waals surface area contributed by atoms with Crippen LogP contribution in [0.3, 0.4) is 0 Å². The number of hydrogen-bond donors (Lipinski definition) is 0. The molecule has 1 aliphatic rings. The summed E-state index contributed by atoms with van der Waals surface area (Å²) in [6.07, 6.45) is -0.677. The lowest BCUT2D eigenvalue weighted by atomic mass is 10.2. The first-order valence-electron chi connectivity index (χ1n) is 11.7. The lowest BCUT2D eigenvalue weighted by Gasteiger charge is -2.17. The van der Waals surface area contributed by atoms with Crippen LogP contribution in [0.5, 0.6) is 17.2 Å². The Labute approximate surface area is 214 Å². The van der Waals surface area contributed by atoms with E-state index in [1.807, 2.05) is 0 Å². The Balaban J connectivity index is 1.37. The summed E-state index contributed by atoms with van der Waals surface area (Å²) in [7, 11) is 1.55. The monoisotopic (exact) mass is 531 g/mol. The SMILES string of the molecule is COc1cc(-n2ccc3nc(-c4ccc(OC(F)(F)F)cc4)sc3c2=O)ccc1OCCN1CCCC1. The first-order chi connectivity index (χ1) is 17.8. The molecule has 0 radical (unpaired) electrons. The summed E-state index contributed by atoms with van der Waals surface area (Å²) < 4.78 is 54.6. The van der Waals surface area contributed by atoms with Crippen LogP contribution in [0.1, 0.15) is 12.8 Å². The largest absolute Gasteiger partial charge is 0.573 e. The van der Waals surface area contributed by atoms with E-state index in [0.29, 0.717) is 44.6 Å². The molecule has 5 rings (SSSR count). The minimum Gasteiger partial charge on any atom is -0.493 e. The van der Waals surface area contributed by atoms with Crippen LogP contribution in [-0.2, 0) is 0 Å². The summed E-state index contributed by atoms with van der Waals surface area (Å²) >= 11 is 1.17. The van der Waals surface area contributed by atoms with Crippen LogP contribution in [0.4, 0.5) is 13.2 Å². The van der Waals surface area contributed by atoms with Crippen molar-refractivity contribution in [3.63, 3.8) is 0 Å². The topological polar surface area (TPSA) is 65.8 Å². The molecule has 2 aromatic carbocycles. The average Bonchev–Trinajstić information content (AvgIpc) is 3.55. The number of halogens is 3. The van der Waals surface area contributed by atoms with E-state index in [1.165, 1.54) is 53.0 Å². The molecule has 1 fully saturated rings. The van der Waals surface area contributed by atoms with E-state index < -0.39 is 6.36 Å². The van der Waals surface area contributed by atoms with Gasteiger partial charge in [-0.1, -0.05) is 0 Å². The maximum atomic E-state index is 13.3. The molecule has 0 saturated carbocycles. The molecule has 3 heterocycles. The van der Waals surface area contributed by atoms with E-state index in [0.717, 1.165) is 19.6 Å². The summed E-state index contributed by atoms with van der Waals surface area (Å²) in [6, 6.07) is 12.4. The molecular weight excluding hydrogens is 507 g/mol. The van der Waals surface area contributed by atoms with Crippen LogP contribution in [-0.4, -0.2) is 54.2 Å². The minimum atomic E-state index is -4.76. The number of benzene rings is 2. The predicted octanol–water partition coefficient (Wildman–Crippen LogP) is 5.50. The second kappa shape index (κ2) is 10.4. The molecule has 0 atom stereocenters. The van der Waals surface area contributed by atoms with Gasteiger partial charge in [-0.2, -0.15) is 0 Å². The number of alkyl halides is 3. The minimum absolute atomic E-state index is 0.261. The van der Waals surface area contributed by atoms with Crippen molar-refractivity contribution in [2.75, 3.05) is 33.4 Å². The molecule has 2 aromatic heterocycles. The van der Waals surface area contributed by atoms with Crippen molar-refractivity contribution in [3.05, 3.63) is 65.1 Å². The molecule has 0 unspecified atom stereocenters. The number of hydrogen-bond acceptors (Lipinski definition) is 7. The van der Waals surface area contributed by atoms with Crippen LogP contribution < -0.4 is 19.8 Å². The molecule has 0 N–H and O–H groups in total. The number of nitrogens with zero attached hydrogens (tertiary/aromatic N) is 3. The molecule has 0 spiro atoms. The Kier molecular flexibility index (Phi) is 7.07. The van der Waals surface area contributed by atoms with E-state index in [9.17, 15) is 18.0 Å². The fourth-order valence-corrected chi connectivity index (χ4v) is 5.26. The van der Waals surface area contributed by atoms with Crippen molar-refractivity contribution >= 4 is 21.6 Å². The van der Waals surface area contributed by atoms with Gasteiger partial charge in [-0.3, -0.25) is 14.3 Å². The third-order valence-corrected chi connectivity index (χ3v) is 7.18. The maximum Gasteiger partial charge on any atom is 0.573 e. The summed E-state index contributed by atoms with van der Waals surface area (Å²) in [4.78, 5) is 20.2. The Morgan fingerprint density at radius 1 is 1.03 bits per heavy atom. The smallest absolute Gasteiger partial charge is 0.493 e. The van der Waals surface area contributed by atoms with Gasteiger partial charge < -0.3 is 14.2 Å². The highest BCUT2D eigenvalue weighted by molar-refractivity contribution is 7.21. The van der Waals surface area contributed by atoms with E-state index in [2.05, 4.69) is 14.6 Å². The molecule has 0 aliphatic carbocycles. The van der Waals surface area contributed by atoms with Gasteiger partial charge in [0, 0.05) is 24.4 Å². The van der Waals surface area contributed by atoms with Gasteiger partial charge in [-0.25, -0.2) is 4.98 Å². The maximum absolute atomic E-state index is 13.3. The zero-order valence-corrected chi connectivity index (χ0v) is 20.8. The highest BCUT2D eigenvalue weighted by Crippen LogP contribution is 2.32. The summed E-state index contributed by atoms with van der Waals surface area (Å²) in [5.74, 6) is 0.812. The second-order valence-corrected chi connectivity index (χ2v) is 9.53. The van der Waals surface area contributed by atoms with Crippen LogP contribution in [0.15, 0.2) is 59.5 Å². The highest BCUT2D eigenvalue weighted by Gasteiger charge is 2.31. The normalized spacial score (nSPS) is 14.3. The molecule has 194 valence electrons. The van der Waals surface area contributed by atoms with Gasteiger partial charge in [0.05, 0.1) is 18.3 Å². The number of likely N-dealkylation sites (tertiary alicyclic amines) is 1. The quantitative estimate of drug-likeness (QED) is 0.299. The van der Waals surface area contributed by atoms with Crippen LogP contribution >= 0.6 is 11.3 Å². The summed E-state index contributed by atoms with van der Waals surface area (Å²) in [5, 5.41) is 0.516. The van der Waals surface area contributed by atoms with Crippen molar-refractivity contribution in [1.82, 2.24) is 14.5 Å². The van der Waals surface area contributed by atoms with Crippen molar-refractivity contribution in [1.29, 1.82) is 0 Å². The number of aromatic nitrogens is 2. The van der Waals surface area contributed by atoms with Gasteiger partial charge in [-0.05, 0) is 68.4 Å². The lowest BCUT2D eigenvalue weighted by Crippen LogP contribution is -2.25. The van der Waals surface area contributed by atoms with Gasteiger partial charge in [0.2, 0.25) is 0 Å². The molecule has 11 heteroatoms. The number of methoxy groups -OCH3 is 1. The van der Waals surface area contributed by atoms with E-state index in [-0.39, 0.29) is 11.3 Å². The molecule has 4 aromatic rings. The summed E-state index contributed by atoms with van der Waals surface area (Å²) in [6.45, 7) is 3.60. The standard InChI is InChI=1S/C26H24F3N3O4S/c1-34-22-16-18(6-9-21(22)35-15-14-31-11-2-3-12-31)32-13-10-20-23(25(32)33)37-24(30-20)17-4-7-19(8-5-17)36-26(27,28)29/h4-10,13,16H,2-3,11-12,14-15H2,1H3. The molecular formula is C26H24F3N3O4S. The van der Waals surface area contributed by atoms with Gasteiger partial charge in [0.25, 0.3) is 5.56 Å². The average molecular weight is 532 g/mol. The van der Waals surface area contributed by atoms with Crippen molar-refractivity contribution < 1.29 is 27.4 Å². The Hall–Kier alpha value is -3.57. The Morgan fingerprint density at radius 3 is 2.49 bits per heavy atom.